The first-order chi connectivity index (χ1) is 16.5. The van der Waals surface area contributed by atoms with Crippen LogP contribution < -0.4 is 4.74 Å². The fourth-order valence-electron chi connectivity index (χ4n) is 5.74. The van der Waals surface area contributed by atoms with E-state index in [-0.39, 0.29) is 11.9 Å². The molecule has 1 aliphatic carbocycles. The molecule has 4 atom stereocenters. The summed E-state index contributed by atoms with van der Waals surface area (Å²) >= 11 is 0. The number of hydrogen-bond donors (Lipinski definition) is 1. The maximum absolute atomic E-state index is 12.0. The standard InChI is InChI=1S/C28H34O6/c1-32-26(30)10-6-4-8-21-22(14-11-18-7-3-5-9-24(18)29)27(21)23-15-16-34-25-17-19(28(31)33-2)12-13-20(23)25/h3,5,7,9,12-13,17,21-23,27,29H,4,6,8,10-11,14-16H2,1-2H3. The Labute approximate surface area is 201 Å². The molecule has 1 N–H and O–H groups in total. The first-order valence-electron chi connectivity index (χ1n) is 12.2. The smallest absolute Gasteiger partial charge is 0.337 e. The van der Waals surface area contributed by atoms with Crippen LogP contribution in [0.5, 0.6) is 11.5 Å². The van der Waals surface area contributed by atoms with Gasteiger partial charge in [-0.05, 0) is 85.1 Å². The molecule has 0 amide bonds. The SMILES string of the molecule is COC(=O)CCCCC1C(CCc2ccccc2O)C1C1CCOc2cc(C(=O)OC)ccc21. The number of phenolic OH excluding ortho intramolecular Hbond substituents is 1. The Morgan fingerprint density at radius 2 is 1.82 bits per heavy atom. The third-order valence-electron chi connectivity index (χ3n) is 7.52. The molecule has 2 aromatic rings. The quantitative estimate of drug-likeness (QED) is 0.379. The van der Waals surface area contributed by atoms with Crippen LogP contribution in [0.25, 0.3) is 0 Å². The number of esters is 2. The van der Waals surface area contributed by atoms with Gasteiger partial charge in [-0.25, -0.2) is 4.79 Å². The van der Waals surface area contributed by atoms with Crippen molar-refractivity contribution in [1.29, 1.82) is 0 Å². The Morgan fingerprint density at radius 1 is 1.03 bits per heavy atom. The van der Waals surface area contributed by atoms with E-state index in [1.807, 2.05) is 30.3 Å². The number of rotatable bonds is 10. The molecule has 1 fully saturated rings. The van der Waals surface area contributed by atoms with Crippen LogP contribution in [0.4, 0.5) is 0 Å². The van der Waals surface area contributed by atoms with Gasteiger partial charge in [0, 0.05) is 6.42 Å². The lowest BCUT2D eigenvalue weighted by atomic mass is 9.86. The number of benzene rings is 2. The van der Waals surface area contributed by atoms with Crippen LogP contribution >= 0.6 is 0 Å². The average Bonchev–Trinajstić information content (AvgIpc) is 3.56. The molecule has 1 aliphatic heterocycles. The molecule has 4 rings (SSSR count). The number of fused-ring (bicyclic) bond motifs is 1. The summed E-state index contributed by atoms with van der Waals surface area (Å²) in [5.41, 5.74) is 2.68. The number of hydrogen-bond acceptors (Lipinski definition) is 6. The van der Waals surface area contributed by atoms with Crippen molar-refractivity contribution in [2.75, 3.05) is 20.8 Å². The molecule has 2 aliphatic rings. The number of ether oxygens (including phenoxy) is 3. The minimum absolute atomic E-state index is 0.150. The number of carbonyl (C=O) groups excluding carboxylic acids is 2. The number of aryl methyl sites for hydroxylation is 1. The summed E-state index contributed by atoms with van der Waals surface area (Å²) in [4.78, 5) is 23.4. The van der Waals surface area contributed by atoms with Crippen LogP contribution in [-0.2, 0) is 20.7 Å². The van der Waals surface area contributed by atoms with Crippen molar-refractivity contribution >= 4 is 11.9 Å². The molecule has 34 heavy (non-hydrogen) atoms. The summed E-state index contributed by atoms with van der Waals surface area (Å²) in [7, 11) is 2.82. The minimum atomic E-state index is -0.357. The zero-order chi connectivity index (χ0) is 24.1. The highest BCUT2D eigenvalue weighted by molar-refractivity contribution is 5.90. The molecule has 6 nitrogen and oxygen atoms in total. The van der Waals surface area contributed by atoms with Crippen molar-refractivity contribution < 1.29 is 28.9 Å². The highest BCUT2D eigenvalue weighted by Crippen LogP contribution is 2.61. The Morgan fingerprint density at radius 3 is 2.59 bits per heavy atom. The van der Waals surface area contributed by atoms with Gasteiger partial charge in [0.2, 0.25) is 0 Å². The Bertz CT molecular complexity index is 1020. The molecule has 182 valence electrons. The molecule has 4 unspecified atom stereocenters. The summed E-state index contributed by atoms with van der Waals surface area (Å²) in [5, 5.41) is 10.2. The van der Waals surface area contributed by atoms with Gasteiger partial charge in [0.05, 0.1) is 26.4 Å². The van der Waals surface area contributed by atoms with Gasteiger partial charge in [-0.3, -0.25) is 4.79 Å². The summed E-state index contributed by atoms with van der Waals surface area (Å²) in [5.74, 6) is 2.71. The van der Waals surface area contributed by atoms with Gasteiger partial charge in [0.1, 0.15) is 11.5 Å². The lowest BCUT2D eigenvalue weighted by Crippen LogP contribution is -2.17. The number of aromatic hydroxyl groups is 1. The van der Waals surface area contributed by atoms with Crippen LogP contribution in [0.15, 0.2) is 42.5 Å². The second-order valence-electron chi connectivity index (χ2n) is 9.38. The van der Waals surface area contributed by atoms with E-state index in [0.717, 1.165) is 49.8 Å². The van der Waals surface area contributed by atoms with Crippen molar-refractivity contribution in [1.82, 2.24) is 0 Å². The van der Waals surface area contributed by atoms with Gasteiger partial charge >= 0.3 is 11.9 Å². The summed E-state index contributed by atoms with van der Waals surface area (Å²) < 4.78 is 15.6. The number of methoxy groups -OCH3 is 2. The molecule has 1 heterocycles. The normalized spacial score (nSPS) is 22.9. The Hall–Kier alpha value is -3.02. The highest BCUT2D eigenvalue weighted by atomic mass is 16.5. The van der Waals surface area contributed by atoms with E-state index < -0.39 is 0 Å². The third-order valence-corrected chi connectivity index (χ3v) is 7.52. The van der Waals surface area contributed by atoms with Crippen LogP contribution in [0.2, 0.25) is 0 Å². The summed E-state index contributed by atoms with van der Waals surface area (Å²) in [6.07, 6.45) is 6.23. The van der Waals surface area contributed by atoms with Crippen molar-refractivity contribution in [3.63, 3.8) is 0 Å². The lowest BCUT2D eigenvalue weighted by molar-refractivity contribution is -0.140. The van der Waals surface area contributed by atoms with E-state index in [9.17, 15) is 14.7 Å². The predicted molar refractivity (Wildman–Crippen MR) is 128 cm³/mol. The van der Waals surface area contributed by atoms with Crippen molar-refractivity contribution in [2.24, 2.45) is 17.8 Å². The zero-order valence-electron chi connectivity index (χ0n) is 20.0. The predicted octanol–water partition coefficient (Wildman–Crippen LogP) is 5.27. The van der Waals surface area contributed by atoms with Crippen LogP contribution in [0.1, 0.15) is 65.9 Å². The highest BCUT2D eigenvalue weighted by Gasteiger charge is 2.53. The first-order valence-corrected chi connectivity index (χ1v) is 12.2. The van der Waals surface area contributed by atoms with Gasteiger partial charge in [0.15, 0.2) is 0 Å². The zero-order valence-corrected chi connectivity index (χ0v) is 20.0. The van der Waals surface area contributed by atoms with E-state index >= 15 is 0 Å². The van der Waals surface area contributed by atoms with Crippen molar-refractivity contribution in [3.8, 4) is 11.5 Å². The number of para-hydroxylation sites is 1. The topological polar surface area (TPSA) is 82.1 Å². The van der Waals surface area contributed by atoms with Gasteiger partial charge < -0.3 is 19.3 Å². The van der Waals surface area contributed by atoms with Crippen LogP contribution in [-0.4, -0.2) is 37.9 Å². The number of phenols is 1. The fourth-order valence-corrected chi connectivity index (χ4v) is 5.74. The summed E-state index contributed by atoms with van der Waals surface area (Å²) in [6, 6.07) is 13.2. The lowest BCUT2D eigenvalue weighted by Gasteiger charge is -2.27. The van der Waals surface area contributed by atoms with Gasteiger partial charge in [-0.2, -0.15) is 0 Å². The molecule has 0 bridgehead atoms. The van der Waals surface area contributed by atoms with E-state index in [4.69, 9.17) is 14.2 Å². The molecule has 0 saturated heterocycles. The number of carbonyl (C=O) groups is 2. The van der Waals surface area contributed by atoms with E-state index in [1.165, 1.54) is 19.8 Å². The van der Waals surface area contributed by atoms with Crippen molar-refractivity contribution in [2.45, 2.75) is 50.9 Å². The number of unbranched alkanes of at least 4 members (excludes halogenated alkanes) is 1. The first kappa shape index (κ1) is 24.1. The molecular weight excluding hydrogens is 432 g/mol. The summed E-state index contributed by atoms with van der Waals surface area (Å²) in [6.45, 7) is 0.639. The maximum Gasteiger partial charge on any atom is 0.337 e. The van der Waals surface area contributed by atoms with Gasteiger partial charge in [-0.1, -0.05) is 30.7 Å². The van der Waals surface area contributed by atoms with Gasteiger partial charge in [0.25, 0.3) is 0 Å². The third kappa shape index (κ3) is 5.37. The minimum Gasteiger partial charge on any atom is -0.508 e. The Kier molecular flexibility index (Phi) is 7.76. The molecular formula is C28H34O6. The molecule has 0 aromatic heterocycles. The van der Waals surface area contributed by atoms with E-state index in [1.54, 1.807) is 12.1 Å². The monoisotopic (exact) mass is 466 g/mol. The fraction of sp³-hybridized carbons (Fsp3) is 0.500. The molecule has 1 saturated carbocycles. The van der Waals surface area contributed by atoms with Crippen LogP contribution in [0.3, 0.4) is 0 Å². The molecule has 2 aromatic carbocycles. The van der Waals surface area contributed by atoms with E-state index in [2.05, 4.69) is 0 Å². The maximum atomic E-state index is 12.0. The van der Waals surface area contributed by atoms with Crippen molar-refractivity contribution in [3.05, 3.63) is 59.2 Å². The molecule has 6 heteroatoms. The Balaban J connectivity index is 1.47. The largest absolute Gasteiger partial charge is 0.508 e. The average molecular weight is 467 g/mol. The second kappa shape index (κ2) is 10.9. The molecule has 0 radical (unpaired) electrons. The van der Waals surface area contributed by atoms with Gasteiger partial charge in [-0.15, -0.1) is 0 Å². The van der Waals surface area contributed by atoms with Crippen LogP contribution in [0, 0.1) is 17.8 Å². The molecule has 0 spiro atoms. The second-order valence-corrected chi connectivity index (χ2v) is 9.38. The van der Waals surface area contributed by atoms with E-state index in [0.29, 0.717) is 48.0 Å².